The third-order valence-corrected chi connectivity index (χ3v) is 6.15. The average Bonchev–Trinajstić information content (AvgIpc) is 3.13. The smallest absolute Gasteiger partial charge is 0.321 e. The molecular formula is C19H26N2O7S. The molecule has 9 nitrogen and oxygen atoms in total. The van der Waals surface area contributed by atoms with Crippen molar-refractivity contribution < 1.29 is 32.2 Å². The molecular weight excluding hydrogens is 400 g/mol. The summed E-state index contributed by atoms with van der Waals surface area (Å²) in [5.41, 5.74) is 0. The zero-order chi connectivity index (χ0) is 20.7. The summed E-state index contributed by atoms with van der Waals surface area (Å²) in [5, 5.41) is 0. The van der Waals surface area contributed by atoms with Crippen LogP contribution in [0.5, 0.6) is 11.5 Å². The Morgan fingerprint density at radius 2 is 1.69 bits per heavy atom. The van der Waals surface area contributed by atoms with Crippen LogP contribution < -0.4 is 14.2 Å². The fourth-order valence-corrected chi connectivity index (χ4v) is 4.14. The second-order valence-electron chi connectivity index (χ2n) is 6.94. The van der Waals surface area contributed by atoms with Crippen LogP contribution in [0.4, 0.5) is 0 Å². The number of carbonyl (C=O) groups is 2. The Bertz CT molecular complexity index is 833. The Kier molecular flexibility index (Phi) is 7.32. The van der Waals surface area contributed by atoms with Gasteiger partial charge in [0.2, 0.25) is 10.0 Å². The third-order valence-electron chi connectivity index (χ3n) is 4.75. The second kappa shape index (κ2) is 9.93. The van der Waals surface area contributed by atoms with E-state index in [0.717, 1.165) is 25.7 Å². The lowest BCUT2D eigenvalue weighted by atomic mass is 10.2. The second-order valence-corrected chi connectivity index (χ2v) is 8.71. The van der Waals surface area contributed by atoms with E-state index in [1.807, 2.05) is 0 Å². The molecule has 2 aliphatic heterocycles. The summed E-state index contributed by atoms with van der Waals surface area (Å²) >= 11 is 0. The molecule has 0 aromatic heterocycles. The number of amides is 1. The Labute approximate surface area is 170 Å². The van der Waals surface area contributed by atoms with Crippen LogP contribution in [0.15, 0.2) is 23.1 Å². The van der Waals surface area contributed by atoms with Crippen LogP contribution in [-0.4, -0.2) is 64.6 Å². The highest BCUT2D eigenvalue weighted by Crippen LogP contribution is 2.31. The van der Waals surface area contributed by atoms with Gasteiger partial charge in [-0.25, -0.2) is 8.42 Å². The van der Waals surface area contributed by atoms with E-state index in [9.17, 15) is 18.0 Å². The first-order chi connectivity index (χ1) is 14.0. The van der Waals surface area contributed by atoms with Gasteiger partial charge in [-0.05, 0) is 25.0 Å². The summed E-state index contributed by atoms with van der Waals surface area (Å²) in [6.07, 6.45) is 4.76. The molecule has 1 amide bonds. The summed E-state index contributed by atoms with van der Waals surface area (Å²) in [5.74, 6) is -0.249. The zero-order valence-electron chi connectivity index (χ0n) is 16.2. The van der Waals surface area contributed by atoms with Crippen molar-refractivity contribution in [2.75, 3.05) is 39.5 Å². The minimum Gasteiger partial charge on any atom is -0.490 e. The highest BCUT2D eigenvalue weighted by atomic mass is 32.2. The fourth-order valence-electron chi connectivity index (χ4n) is 3.15. The summed E-state index contributed by atoms with van der Waals surface area (Å²) in [4.78, 5) is 25.7. The quantitative estimate of drug-likeness (QED) is 0.678. The van der Waals surface area contributed by atoms with Gasteiger partial charge in [-0.2, -0.15) is 4.72 Å². The van der Waals surface area contributed by atoms with Crippen LogP contribution in [0.3, 0.4) is 0 Å². The van der Waals surface area contributed by atoms with E-state index in [2.05, 4.69) is 4.72 Å². The van der Waals surface area contributed by atoms with Crippen molar-refractivity contribution in [3.8, 4) is 11.5 Å². The number of hydrogen-bond donors (Lipinski definition) is 1. The van der Waals surface area contributed by atoms with Gasteiger partial charge in [0.1, 0.15) is 6.54 Å². The predicted octanol–water partition coefficient (Wildman–Crippen LogP) is 1.07. The maximum absolute atomic E-state index is 12.4. The Balaban J connectivity index is 1.50. The first kappa shape index (κ1) is 21.4. The number of rotatable bonds is 6. The minimum absolute atomic E-state index is 0.0461. The number of carbonyl (C=O) groups excluding carboxylic acids is 2. The summed E-state index contributed by atoms with van der Waals surface area (Å²) in [6.45, 7) is 1.30. The number of benzene rings is 1. The number of nitrogens with one attached hydrogen (secondary N) is 1. The van der Waals surface area contributed by atoms with Crippen molar-refractivity contribution in [1.82, 2.24) is 9.62 Å². The van der Waals surface area contributed by atoms with Crippen LogP contribution in [0.2, 0.25) is 0 Å². The Morgan fingerprint density at radius 1 is 1.00 bits per heavy atom. The van der Waals surface area contributed by atoms with Gasteiger partial charge in [0, 0.05) is 25.6 Å². The molecule has 1 N–H and O–H groups in total. The van der Waals surface area contributed by atoms with Gasteiger partial charge in [-0.15, -0.1) is 0 Å². The number of hydrogen-bond acceptors (Lipinski definition) is 7. The Morgan fingerprint density at radius 3 is 2.41 bits per heavy atom. The lowest BCUT2D eigenvalue weighted by molar-refractivity contribution is -0.151. The molecule has 2 aliphatic rings. The molecule has 1 saturated heterocycles. The molecule has 0 aliphatic carbocycles. The number of ether oxygens (including phenoxy) is 3. The van der Waals surface area contributed by atoms with E-state index >= 15 is 0 Å². The van der Waals surface area contributed by atoms with E-state index in [1.54, 1.807) is 4.90 Å². The van der Waals surface area contributed by atoms with Crippen molar-refractivity contribution in [3.05, 3.63) is 18.2 Å². The van der Waals surface area contributed by atoms with Gasteiger partial charge in [0.05, 0.1) is 18.1 Å². The predicted molar refractivity (Wildman–Crippen MR) is 103 cm³/mol. The van der Waals surface area contributed by atoms with Crippen LogP contribution in [0.25, 0.3) is 0 Å². The molecule has 3 rings (SSSR count). The maximum atomic E-state index is 12.4. The number of sulfonamides is 1. The van der Waals surface area contributed by atoms with Crippen LogP contribution in [0.1, 0.15) is 32.1 Å². The molecule has 2 heterocycles. The molecule has 1 aromatic rings. The van der Waals surface area contributed by atoms with Crippen molar-refractivity contribution >= 4 is 21.9 Å². The normalized spacial score (nSPS) is 17.2. The van der Waals surface area contributed by atoms with E-state index in [-0.39, 0.29) is 17.4 Å². The monoisotopic (exact) mass is 426 g/mol. The summed E-state index contributed by atoms with van der Waals surface area (Å²) in [6, 6.07) is 4.26. The highest BCUT2D eigenvalue weighted by Gasteiger charge is 2.21. The van der Waals surface area contributed by atoms with E-state index < -0.39 is 22.5 Å². The van der Waals surface area contributed by atoms with E-state index in [0.29, 0.717) is 44.2 Å². The molecule has 1 fully saturated rings. The molecule has 0 bridgehead atoms. The van der Waals surface area contributed by atoms with Gasteiger partial charge in [-0.1, -0.05) is 12.8 Å². The summed E-state index contributed by atoms with van der Waals surface area (Å²) in [7, 11) is -3.95. The van der Waals surface area contributed by atoms with Crippen molar-refractivity contribution in [3.63, 3.8) is 0 Å². The summed E-state index contributed by atoms with van der Waals surface area (Å²) < 4.78 is 43.0. The van der Waals surface area contributed by atoms with Gasteiger partial charge in [0.25, 0.3) is 5.91 Å². The van der Waals surface area contributed by atoms with Gasteiger partial charge < -0.3 is 19.1 Å². The number of esters is 1. The van der Waals surface area contributed by atoms with Crippen molar-refractivity contribution in [2.45, 2.75) is 37.0 Å². The van der Waals surface area contributed by atoms with Crippen LogP contribution in [-0.2, 0) is 24.3 Å². The molecule has 29 heavy (non-hydrogen) atoms. The van der Waals surface area contributed by atoms with E-state index in [1.165, 1.54) is 18.2 Å². The molecule has 160 valence electrons. The first-order valence-electron chi connectivity index (χ1n) is 9.78. The largest absolute Gasteiger partial charge is 0.490 e. The van der Waals surface area contributed by atoms with Crippen LogP contribution >= 0.6 is 0 Å². The lowest BCUT2D eigenvalue weighted by Gasteiger charge is -2.19. The van der Waals surface area contributed by atoms with Gasteiger partial charge in [0.15, 0.2) is 18.1 Å². The van der Waals surface area contributed by atoms with Crippen molar-refractivity contribution in [1.29, 1.82) is 0 Å². The zero-order valence-corrected chi connectivity index (χ0v) is 17.0. The molecule has 0 unspecified atom stereocenters. The standard InChI is InChI=1S/C19H26N2O7S/c22-18(21-8-3-1-2-4-9-21)14-28-19(23)13-20-29(24,25)15-6-7-16-17(12-15)27-11-5-10-26-16/h6-7,12,20H,1-5,8-11,13-14H2. The lowest BCUT2D eigenvalue weighted by Crippen LogP contribution is -2.37. The topological polar surface area (TPSA) is 111 Å². The van der Waals surface area contributed by atoms with E-state index in [4.69, 9.17) is 14.2 Å². The van der Waals surface area contributed by atoms with Gasteiger partial charge >= 0.3 is 5.97 Å². The van der Waals surface area contributed by atoms with Crippen LogP contribution in [0, 0.1) is 0 Å². The van der Waals surface area contributed by atoms with Crippen molar-refractivity contribution in [2.24, 2.45) is 0 Å². The first-order valence-corrected chi connectivity index (χ1v) is 11.3. The molecule has 0 atom stereocenters. The average molecular weight is 426 g/mol. The molecule has 0 saturated carbocycles. The highest BCUT2D eigenvalue weighted by molar-refractivity contribution is 7.89. The third kappa shape index (κ3) is 6.07. The Hall–Kier alpha value is -2.33. The van der Waals surface area contributed by atoms with Gasteiger partial charge in [-0.3, -0.25) is 9.59 Å². The maximum Gasteiger partial charge on any atom is 0.321 e. The minimum atomic E-state index is -3.95. The number of fused-ring (bicyclic) bond motifs is 1. The molecule has 10 heteroatoms. The fraction of sp³-hybridized carbons (Fsp3) is 0.579. The molecule has 0 radical (unpaired) electrons. The molecule has 0 spiro atoms. The number of nitrogens with zero attached hydrogens (tertiary/aromatic N) is 1. The molecule has 1 aromatic carbocycles. The SMILES string of the molecule is O=C(CNS(=O)(=O)c1ccc2c(c1)OCCCO2)OCC(=O)N1CCCCCC1. The number of likely N-dealkylation sites (tertiary alicyclic amines) is 1.